The first-order chi connectivity index (χ1) is 9.11. The van der Waals surface area contributed by atoms with Gasteiger partial charge in [0.15, 0.2) is 0 Å². The number of rotatable bonds is 4. The van der Waals surface area contributed by atoms with Gasteiger partial charge in [0.05, 0.1) is 7.11 Å². The molecule has 0 amide bonds. The van der Waals surface area contributed by atoms with E-state index in [1.54, 1.807) is 7.11 Å². The molecule has 0 bridgehead atoms. The molecule has 1 atom stereocenters. The Kier molecular flexibility index (Phi) is 4.10. The minimum atomic E-state index is 0.391. The Morgan fingerprint density at radius 1 is 0.842 bits per heavy atom. The maximum atomic E-state index is 5.19. The summed E-state index contributed by atoms with van der Waals surface area (Å²) in [7, 11) is 5.81. The highest BCUT2D eigenvalue weighted by molar-refractivity contribution is 5.47. The van der Waals surface area contributed by atoms with Gasteiger partial charge in [0, 0.05) is 25.7 Å². The lowest BCUT2D eigenvalue weighted by Crippen LogP contribution is -2.08. The van der Waals surface area contributed by atoms with Crippen molar-refractivity contribution in [3.05, 3.63) is 59.7 Å². The normalized spacial score (nSPS) is 12.0. The summed E-state index contributed by atoms with van der Waals surface area (Å²) in [4.78, 5) is 2.11. The van der Waals surface area contributed by atoms with Crippen LogP contribution in [0.4, 0.5) is 5.69 Å². The van der Waals surface area contributed by atoms with Gasteiger partial charge in [-0.3, -0.25) is 0 Å². The number of anilines is 1. The zero-order valence-corrected chi connectivity index (χ0v) is 12.1. The van der Waals surface area contributed by atoms with Crippen molar-refractivity contribution < 1.29 is 4.74 Å². The molecule has 0 radical (unpaired) electrons. The maximum Gasteiger partial charge on any atom is 0.118 e. The highest BCUT2D eigenvalue weighted by atomic mass is 16.5. The summed E-state index contributed by atoms with van der Waals surface area (Å²) in [6, 6.07) is 17.0. The largest absolute Gasteiger partial charge is 0.497 e. The van der Waals surface area contributed by atoms with E-state index in [0.717, 1.165) is 5.75 Å². The molecule has 2 aromatic carbocycles. The Labute approximate surface area is 115 Å². The van der Waals surface area contributed by atoms with E-state index in [4.69, 9.17) is 4.74 Å². The van der Waals surface area contributed by atoms with E-state index >= 15 is 0 Å². The van der Waals surface area contributed by atoms with Crippen molar-refractivity contribution >= 4 is 5.69 Å². The summed E-state index contributed by atoms with van der Waals surface area (Å²) in [6.45, 7) is 2.23. The average molecular weight is 255 g/mol. The Morgan fingerprint density at radius 2 is 1.32 bits per heavy atom. The molecule has 0 aliphatic rings. The van der Waals surface area contributed by atoms with Gasteiger partial charge in [-0.05, 0) is 35.4 Å². The topological polar surface area (TPSA) is 12.5 Å². The Hall–Kier alpha value is -1.96. The van der Waals surface area contributed by atoms with Gasteiger partial charge in [0.1, 0.15) is 5.75 Å². The molecule has 0 heterocycles. The summed E-state index contributed by atoms with van der Waals surface area (Å²) in [6.07, 6.45) is 0. The number of benzene rings is 2. The average Bonchev–Trinajstić information content (AvgIpc) is 2.46. The van der Waals surface area contributed by atoms with Crippen LogP contribution in [0.1, 0.15) is 24.0 Å². The second kappa shape index (κ2) is 5.79. The van der Waals surface area contributed by atoms with Crippen molar-refractivity contribution in [3.63, 3.8) is 0 Å². The minimum absolute atomic E-state index is 0.391. The van der Waals surface area contributed by atoms with E-state index < -0.39 is 0 Å². The van der Waals surface area contributed by atoms with Crippen LogP contribution >= 0.6 is 0 Å². The summed E-state index contributed by atoms with van der Waals surface area (Å²) in [5.74, 6) is 1.29. The Balaban J connectivity index is 2.20. The lowest BCUT2D eigenvalue weighted by atomic mass is 9.93. The zero-order chi connectivity index (χ0) is 13.8. The summed E-state index contributed by atoms with van der Waals surface area (Å²) >= 11 is 0. The first-order valence-corrected chi connectivity index (χ1v) is 6.53. The van der Waals surface area contributed by atoms with Crippen molar-refractivity contribution in [3.8, 4) is 5.75 Å². The van der Waals surface area contributed by atoms with Gasteiger partial charge in [0.25, 0.3) is 0 Å². The van der Waals surface area contributed by atoms with Crippen LogP contribution in [0, 0.1) is 0 Å². The van der Waals surface area contributed by atoms with Crippen molar-refractivity contribution in [2.45, 2.75) is 12.8 Å². The Bertz CT molecular complexity index is 514. The van der Waals surface area contributed by atoms with Crippen LogP contribution in [0.25, 0.3) is 0 Å². The molecular weight excluding hydrogens is 234 g/mol. The molecule has 100 valence electrons. The Morgan fingerprint density at radius 3 is 1.74 bits per heavy atom. The minimum Gasteiger partial charge on any atom is -0.497 e. The van der Waals surface area contributed by atoms with Crippen molar-refractivity contribution in [2.24, 2.45) is 0 Å². The predicted octanol–water partition coefficient (Wildman–Crippen LogP) is 3.91. The SMILES string of the molecule is COc1ccc(C(C)c2ccc(N(C)C)cc2)cc1. The van der Waals surface area contributed by atoms with Crippen LogP contribution in [-0.4, -0.2) is 21.2 Å². The molecule has 0 aromatic heterocycles. The van der Waals surface area contributed by atoms with E-state index in [-0.39, 0.29) is 0 Å². The first kappa shape index (κ1) is 13.5. The van der Waals surface area contributed by atoms with Gasteiger partial charge < -0.3 is 9.64 Å². The van der Waals surface area contributed by atoms with Crippen molar-refractivity contribution in [2.75, 3.05) is 26.1 Å². The van der Waals surface area contributed by atoms with Gasteiger partial charge in [0.2, 0.25) is 0 Å². The van der Waals surface area contributed by atoms with Gasteiger partial charge in [-0.25, -0.2) is 0 Å². The van der Waals surface area contributed by atoms with Crippen molar-refractivity contribution in [1.29, 1.82) is 0 Å². The molecule has 0 spiro atoms. The molecule has 0 saturated carbocycles. The van der Waals surface area contributed by atoms with Crippen LogP contribution in [-0.2, 0) is 0 Å². The molecule has 19 heavy (non-hydrogen) atoms. The quantitative estimate of drug-likeness (QED) is 0.821. The van der Waals surface area contributed by atoms with E-state index in [1.165, 1.54) is 16.8 Å². The summed E-state index contributed by atoms with van der Waals surface area (Å²) in [5.41, 5.74) is 3.86. The van der Waals surface area contributed by atoms with Crippen LogP contribution < -0.4 is 9.64 Å². The number of methoxy groups -OCH3 is 1. The molecule has 0 fully saturated rings. The molecule has 1 unspecified atom stereocenters. The fourth-order valence-corrected chi connectivity index (χ4v) is 2.15. The van der Waals surface area contributed by atoms with Gasteiger partial charge in [-0.1, -0.05) is 31.2 Å². The maximum absolute atomic E-state index is 5.19. The molecule has 0 N–H and O–H groups in total. The summed E-state index contributed by atoms with van der Waals surface area (Å²) < 4.78 is 5.19. The number of ether oxygens (including phenoxy) is 1. The molecule has 0 aliphatic carbocycles. The van der Waals surface area contributed by atoms with E-state index in [9.17, 15) is 0 Å². The zero-order valence-electron chi connectivity index (χ0n) is 12.1. The summed E-state index contributed by atoms with van der Waals surface area (Å²) in [5, 5.41) is 0. The highest BCUT2D eigenvalue weighted by Crippen LogP contribution is 2.27. The second-order valence-corrected chi connectivity index (χ2v) is 4.98. The van der Waals surface area contributed by atoms with E-state index in [2.05, 4.69) is 62.3 Å². The third-order valence-corrected chi connectivity index (χ3v) is 3.53. The second-order valence-electron chi connectivity index (χ2n) is 4.98. The molecule has 2 nitrogen and oxygen atoms in total. The van der Waals surface area contributed by atoms with Gasteiger partial charge in [-0.15, -0.1) is 0 Å². The molecule has 2 rings (SSSR count). The van der Waals surface area contributed by atoms with Crippen LogP contribution in [0.15, 0.2) is 48.5 Å². The number of nitrogens with zero attached hydrogens (tertiary/aromatic N) is 1. The highest BCUT2D eigenvalue weighted by Gasteiger charge is 2.08. The predicted molar refractivity (Wildman–Crippen MR) is 81.3 cm³/mol. The fourth-order valence-electron chi connectivity index (χ4n) is 2.15. The van der Waals surface area contributed by atoms with E-state index in [1.807, 2.05) is 12.1 Å². The molecule has 2 aromatic rings. The number of hydrogen-bond acceptors (Lipinski definition) is 2. The molecule has 2 heteroatoms. The number of hydrogen-bond donors (Lipinski definition) is 0. The van der Waals surface area contributed by atoms with Crippen LogP contribution in [0.3, 0.4) is 0 Å². The van der Waals surface area contributed by atoms with Gasteiger partial charge >= 0.3 is 0 Å². The molecule has 0 aliphatic heterocycles. The van der Waals surface area contributed by atoms with Gasteiger partial charge in [-0.2, -0.15) is 0 Å². The first-order valence-electron chi connectivity index (χ1n) is 6.53. The molecule has 0 saturated heterocycles. The third-order valence-electron chi connectivity index (χ3n) is 3.53. The van der Waals surface area contributed by atoms with Crippen LogP contribution in [0.5, 0.6) is 5.75 Å². The standard InChI is InChI=1S/C17H21NO/c1-13(15-7-11-17(19-4)12-8-15)14-5-9-16(10-6-14)18(2)3/h5-13H,1-4H3. The monoisotopic (exact) mass is 255 g/mol. The lowest BCUT2D eigenvalue weighted by molar-refractivity contribution is 0.414. The third kappa shape index (κ3) is 3.08. The lowest BCUT2D eigenvalue weighted by Gasteiger charge is -2.16. The smallest absolute Gasteiger partial charge is 0.118 e. The van der Waals surface area contributed by atoms with Crippen LogP contribution in [0.2, 0.25) is 0 Å². The van der Waals surface area contributed by atoms with E-state index in [0.29, 0.717) is 5.92 Å². The fraction of sp³-hybridized carbons (Fsp3) is 0.294. The van der Waals surface area contributed by atoms with Crippen molar-refractivity contribution in [1.82, 2.24) is 0 Å². The molecular formula is C17H21NO.